The van der Waals surface area contributed by atoms with Crippen molar-refractivity contribution in [3.63, 3.8) is 0 Å². The van der Waals surface area contributed by atoms with Crippen molar-refractivity contribution < 1.29 is 8.42 Å². The van der Waals surface area contributed by atoms with E-state index in [1.165, 1.54) is 30.6 Å². The molecule has 1 aromatic heterocycles. The van der Waals surface area contributed by atoms with Crippen LogP contribution in [0.2, 0.25) is 0 Å². The van der Waals surface area contributed by atoms with Gasteiger partial charge in [0.1, 0.15) is 4.21 Å². The van der Waals surface area contributed by atoms with E-state index in [9.17, 15) is 8.42 Å². The molecule has 90 valence electrons. The van der Waals surface area contributed by atoms with Crippen LogP contribution in [0.1, 0.15) is 25.7 Å². The Morgan fingerprint density at radius 1 is 1.50 bits per heavy atom. The standard InChI is InChI=1S/C10H14BrNO2S2/c11-9-5-7-15-10(9)16(13,14)12-6-4-8-2-1-3-8/h5,7-8,12H,1-4,6H2. The molecule has 0 spiro atoms. The van der Waals surface area contributed by atoms with Gasteiger partial charge >= 0.3 is 0 Å². The molecule has 1 N–H and O–H groups in total. The molecule has 0 saturated heterocycles. The Labute approximate surface area is 108 Å². The summed E-state index contributed by atoms with van der Waals surface area (Å²) in [5, 5.41) is 1.77. The van der Waals surface area contributed by atoms with E-state index in [1.807, 2.05) is 0 Å². The van der Waals surface area contributed by atoms with E-state index < -0.39 is 10.0 Å². The van der Waals surface area contributed by atoms with Crippen LogP contribution in [-0.4, -0.2) is 15.0 Å². The minimum atomic E-state index is -3.31. The highest BCUT2D eigenvalue weighted by Crippen LogP contribution is 2.30. The van der Waals surface area contributed by atoms with E-state index >= 15 is 0 Å². The number of nitrogens with one attached hydrogen (secondary N) is 1. The fraction of sp³-hybridized carbons (Fsp3) is 0.600. The van der Waals surface area contributed by atoms with Crippen LogP contribution in [0.3, 0.4) is 0 Å². The lowest BCUT2D eigenvalue weighted by Crippen LogP contribution is -2.27. The molecule has 0 aromatic carbocycles. The van der Waals surface area contributed by atoms with Gasteiger partial charge in [-0.3, -0.25) is 0 Å². The van der Waals surface area contributed by atoms with Crippen molar-refractivity contribution in [1.29, 1.82) is 0 Å². The first-order chi connectivity index (χ1) is 7.59. The molecule has 3 nitrogen and oxygen atoms in total. The first kappa shape index (κ1) is 12.5. The van der Waals surface area contributed by atoms with E-state index in [0.29, 0.717) is 15.2 Å². The molecule has 0 unspecified atom stereocenters. The topological polar surface area (TPSA) is 46.2 Å². The highest BCUT2D eigenvalue weighted by molar-refractivity contribution is 9.10. The van der Waals surface area contributed by atoms with Crippen molar-refractivity contribution in [1.82, 2.24) is 4.72 Å². The first-order valence-electron chi connectivity index (χ1n) is 5.32. The van der Waals surface area contributed by atoms with Gasteiger partial charge in [-0.2, -0.15) is 0 Å². The van der Waals surface area contributed by atoms with E-state index in [2.05, 4.69) is 20.7 Å². The first-order valence-corrected chi connectivity index (χ1v) is 8.48. The molecule has 6 heteroatoms. The van der Waals surface area contributed by atoms with Gasteiger partial charge in [0.15, 0.2) is 0 Å². The molecule has 16 heavy (non-hydrogen) atoms. The normalized spacial score (nSPS) is 17.3. The molecule has 0 radical (unpaired) electrons. The van der Waals surface area contributed by atoms with Crippen LogP contribution >= 0.6 is 27.3 Å². The molecule has 2 rings (SSSR count). The summed E-state index contributed by atoms with van der Waals surface area (Å²) in [6.07, 6.45) is 4.77. The van der Waals surface area contributed by atoms with Crippen LogP contribution in [0.25, 0.3) is 0 Å². The maximum absolute atomic E-state index is 11.9. The third kappa shape index (κ3) is 2.85. The van der Waals surface area contributed by atoms with E-state index in [0.717, 1.165) is 12.3 Å². The zero-order valence-electron chi connectivity index (χ0n) is 8.78. The molecule has 0 aliphatic heterocycles. The zero-order valence-corrected chi connectivity index (χ0v) is 12.0. The fourth-order valence-electron chi connectivity index (χ4n) is 1.72. The second-order valence-corrected chi connectivity index (χ2v) is 7.77. The predicted octanol–water partition coefficient (Wildman–Crippen LogP) is 2.98. The maximum atomic E-state index is 11.9. The molecule has 0 atom stereocenters. The molecule has 0 bridgehead atoms. The lowest BCUT2D eigenvalue weighted by Gasteiger charge is -2.24. The lowest BCUT2D eigenvalue weighted by atomic mass is 9.83. The zero-order chi connectivity index (χ0) is 11.6. The second-order valence-electron chi connectivity index (χ2n) is 4.04. The van der Waals surface area contributed by atoms with Crippen LogP contribution in [-0.2, 0) is 10.0 Å². The average molecular weight is 324 g/mol. The van der Waals surface area contributed by atoms with E-state index in [1.54, 1.807) is 11.4 Å². The molecule has 1 aliphatic rings. The second kappa shape index (κ2) is 5.16. The number of sulfonamides is 1. The van der Waals surface area contributed by atoms with Gasteiger partial charge < -0.3 is 0 Å². The summed E-state index contributed by atoms with van der Waals surface area (Å²) in [7, 11) is -3.31. The molecule has 0 amide bonds. The summed E-state index contributed by atoms with van der Waals surface area (Å²) in [4.78, 5) is 0. The van der Waals surface area contributed by atoms with Crippen LogP contribution in [0.5, 0.6) is 0 Å². The maximum Gasteiger partial charge on any atom is 0.251 e. The molecule has 1 saturated carbocycles. The molecule has 1 aliphatic carbocycles. The fourth-order valence-corrected chi connectivity index (χ4v) is 5.14. The Morgan fingerprint density at radius 3 is 2.75 bits per heavy atom. The Balaban J connectivity index is 1.90. The number of thiophene rings is 1. The molecule has 1 heterocycles. The van der Waals surface area contributed by atoms with Gasteiger partial charge in [-0.05, 0) is 39.7 Å². The monoisotopic (exact) mass is 323 g/mol. The summed E-state index contributed by atoms with van der Waals surface area (Å²) >= 11 is 4.48. The van der Waals surface area contributed by atoms with E-state index in [-0.39, 0.29) is 0 Å². The highest BCUT2D eigenvalue weighted by Gasteiger charge is 2.21. The predicted molar refractivity (Wildman–Crippen MR) is 69.2 cm³/mol. The summed E-state index contributed by atoms with van der Waals surface area (Å²) < 4.78 is 27.4. The van der Waals surface area contributed by atoms with Crippen molar-refractivity contribution >= 4 is 37.3 Å². The van der Waals surface area contributed by atoms with Crippen LogP contribution in [0, 0.1) is 5.92 Å². The van der Waals surface area contributed by atoms with Crippen LogP contribution in [0.4, 0.5) is 0 Å². The smallest absolute Gasteiger partial charge is 0.210 e. The van der Waals surface area contributed by atoms with Crippen molar-refractivity contribution in [2.75, 3.05) is 6.54 Å². The molecular weight excluding hydrogens is 310 g/mol. The van der Waals surface area contributed by atoms with Gasteiger partial charge in [0.2, 0.25) is 0 Å². The minimum Gasteiger partial charge on any atom is -0.210 e. The Hall–Kier alpha value is 0.0900. The van der Waals surface area contributed by atoms with Gasteiger partial charge in [-0.1, -0.05) is 19.3 Å². The van der Waals surface area contributed by atoms with Crippen molar-refractivity contribution in [3.05, 3.63) is 15.9 Å². The van der Waals surface area contributed by atoms with Crippen molar-refractivity contribution in [2.45, 2.75) is 29.9 Å². The van der Waals surface area contributed by atoms with Crippen molar-refractivity contribution in [3.8, 4) is 0 Å². The molecule has 1 fully saturated rings. The molecule has 1 aromatic rings. The number of hydrogen-bond donors (Lipinski definition) is 1. The van der Waals surface area contributed by atoms with Gasteiger partial charge in [-0.15, -0.1) is 11.3 Å². The van der Waals surface area contributed by atoms with Gasteiger partial charge in [0, 0.05) is 11.0 Å². The third-order valence-corrected chi connectivity index (χ3v) is 7.03. The number of halogens is 1. The largest absolute Gasteiger partial charge is 0.251 e. The summed E-state index contributed by atoms with van der Waals surface area (Å²) in [6.45, 7) is 0.553. The van der Waals surface area contributed by atoms with Gasteiger partial charge in [0.25, 0.3) is 10.0 Å². The highest BCUT2D eigenvalue weighted by atomic mass is 79.9. The van der Waals surface area contributed by atoms with Gasteiger partial charge in [0.05, 0.1) is 0 Å². The Morgan fingerprint density at radius 2 is 2.25 bits per heavy atom. The quantitative estimate of drug-likeness (QED) is 0.905. The van der Waals surface area contributed by atoms with Gasteiger partial charge in [-0.25, -0.2) is 13.1 Å². The number of rotatable bonds is 5. The summed E-state index contributed by atoms with van der Waals surface area (Å²) in [5.74, 6) is 0.731. The summed E-state index contributed by atoms with van der Waals surface area (Å²) in [6, 6.07) is 1.76. The average Bonchev–Trinajstić information content (AvgIpc) is 2.56. The SMILES string of the molecule is O=S(=O)(NCCC1CCC1)c1sccc1Br. The number of hydrogen-bond acceptors (Lipinski definition) is 3. The van der Waals surface area contributed by atoms with E-state index in [4.69, 9.17) is 0 Å². The van der Waals surface area contributed by atoms with Crippen LogP contribution in [0.15, 0.2) is 20.1 Å². The third-order valence-electron chi connectivity index (χ3n) is 2.90. The Kier molecular flexibility index (Phi) is 4.05. The minimum absolute atomic E-state index is 0.376. The lowest BCUT2D eigenvalue weighted by molar-refractivity contribution is 0.297. The molecular formula is C10H14BrNO2S2. The van der Waals surface area contributed by atoms with Crippen LogP contribution < -0.4 is 4.72 Å². The Bertz CT molecular complexity index is 451. The van der Waals surface area contributed by atoms with Crippen molar-refractivity contribution in [2.24, 2.45) is 5.92 Å². The summed E-state index contributed by atoms with van der Waals surface area (Å²) in [5.41, 5.74) is 0.